The van der Waals surface area contributed by atoms with Crippen LogP contribution in [0, 0.1) is 12.8 Å². The number of aliphatic carboxylic acids is 1. The van der Waals surface area contributed by atoms with Crippen molar-refractivity contribution in [3.8, 4) is 0 Å². The number of carboxylic acids is 1. The van der Waals surface area contributed by atoms with Gasteiger partial charge in [-0.1, -0.05) is 38.1 Å². The van der Waals surface area contributed by atoms with Gasteiger partial charge in [0, 0.05) is 11.3 Å². The van der Waals surface area contributed by atoms with E-state index >= 15 is 0 Å². The molecule has 1 aromatic rings. The van der Waals surface area contributed by atoms with Crippen LogP contribution in [0.1, 0.15) is 45.7 Å². The zero-order valence-corrected chi connectivity index (χ0v) is 13.8. The molecule has 0 bridgehead atoms. The van der Waals surface area contributed by atoms with Gasteiger partial charge in [-0.05, 0) is 44.7 Å². The van der Waals surface area contributed by atoms with E-state index < -0.39 is 12.0 Å². The summed E-state index contributed by atoms with van der Waals surface area (Å²) in [7, 11) is 0. The highest BCUT2D eigenvalue weighted by Crippen LogP contribution is 2.43. The van der Waals surface area contributed by atoms with Crippen LogP contribution in [0.25, 0.3) is 5.57 Å². The van der Waals surface area contributed by atoms with Crippen molar-refractivity contribution in [1.29, 1.82) is 0 Å². The molecule has 0 aliphatic carbocycles. The van der Waals surface area contributed by atoms with Gasteiger partial charge in [0.15, 0.2) is 0 Å². The SMILES string of the molecule is CC1=CC(C)(C)N([C@@H](C(=O)O)C(C)C)c2c(C)cccc21. The molecule has 1 atom stereocenters. The molecular formula is C18H25NO2. The number of rotatable bonds is 3. The molecular weight excluding hydrogens is 262 g/mol. The van der Waals surface area contributed by atoms with Crippen molar-refractivity contribution in [2.24, 2.45) is 5.92 Å². The Kier molecular flexibility index (Phi) is 3.87. The van der Waals surface area contributed by atoms with Crippen molar-refractivity contribution in [2.45, 2.75) is 53.1 Å². The third-order valence-electron chi connectivity index (χ3n) is 4.26. The molecule has 1 heterocycles. The maximum absolute atomic E-state index is 11.9. The minimum Gasteiger partial charge on any atom is -0.480 e. The molecule has 2 rings (SSSR count). The number of nitrogens with zero attached hydrogens (tertiary/aromatic N) is 1. The second kappa shape index (κ2) is 5.21. The third-order valence-corrected chi connectivity index (χ3v) is 4.26. The van der Waals surface area contributed by atoms with E-state index in [2.05, 4.69) is 50.8 Å². The Hall–Kier alpha value is -1.77. The second-order valence-corrected chi connectivity index (χ2v) is 6.85. The van der Waals surface area contributed by atoms with E-state index in [-0.39, 0.29) is 11.5 Å². The summed E-state index contributed by atoms with van der Waals surface area (Å²) in [4.78, 5) is 13.9. The standard InChI is InChI=1S/C18H25NO2/c1-11(2)15(17(20)21)19-16-12(3)8-7-9-14(16)13(4)10-18(19,5)6/h7-11,15H,1-6H3,(H,20,21)/t15-/m1/s1. The van der Waals surface area contributed by atoms with Crippen LogP contribution < -0.4 is 4.90 Å². The van der Waals surface area contributed by atoms with Crippen LogP contribution >= 0.6 is 0 Å². The molecule has 3 nitrogen and oxygen atoms in total. The lowest BCUT2D eigenvalue weighted by Gasteiger charge is -2.48. The number of fused-ring (bicyclic) bond motifs is 1. The van der Waals surface area contributed by atoms with Crippen LogP contribution in [-0.4, -0.2) is 22.7 Å². The first kappa shape index (κ1) is 15.6. The van der Waals surface area contributed by atoms with E-state index in [0.29, 0.717) is 0 Å². The summed E-state index contributed by atoms with van der Waals surface area (Å²) >= 11 is 0. The number of para-hydroxylation sites is 1. The van der Waals surface area contributed by atoms with Gasteiger partial charge in [-0.3, -0.25) is 0 Å². The zero-order chi connectivity index (χ0) is 15.9. The normalized spacial score (nSPS) is 18.2. The number of aryl methyl sites for hydroxylation is 1. The van der Waals surface area contributed by atoms with E-state index in [0.717, 1.165) is 16.8 Å². The molecule has 0 saturated carbocycles. The Morgan fingerprint density at radius 2 is 1.86 bits per heavy atom. The average Bonchev–Trinajstić information content (AvgIpc) is 2.33. The number of allylic oxidation sites excluding steroid dienone is 1. The monoisotopic (exact) mass is 287 g/mol. The van der Waals surface area contributed by atoms with Crippen LogP contribution in [0.2, 0.25) is 0 Å². The first-order valence-electron chi connectivity index (χ1n) is 7.48. The predicted molar refractivity (Wildman–Crippen MR) is 87.6 cm³/mol. The lowest BCUT2D eigenvalue weighted by molar-refractivity contribution is -0.140. The zero-order valence-electron chi connectivity index (χ0n) is 13.8. The molecule has 1 aliphatic heterocycles. The lowest BCUT2D eigenvalue weighted by atomic mass is 9.84. The molecule has 0 aromatic heterocycles. The first-order chi connectivity index (χ1) is 9.66. The van der Waals surface area contributed by atoms with Crippen molar-refractivity contribution in [3.63, 3.8) is 0 Å². The Balaban J connectivity index is 2.73. The first-order valence-corrected chi connectivity index (χ1v) is 7.48. The highest BCUT2D eigenvalue weighted by Gasteiger charge is 2.41. The molecule has 114 valence electrons. The van der Waals surface area contributed by atoms with Crippen molar-refractivity contribution in [3.05, 3.63) is 35.4 Å². The molecule has 3 heteroatoms. The largest absolute Gasteiger partial charge is 0.480 e. The minimum absolute atomic E-state index is 0.0287. The summed E-state index contributed by atoms with van der Waals surface area (Å²) in [5.74, 6) is -0.735. The van der Waals surface area contributed by atoms with Gasteiger partial charge >= 0.3 is 5.97 Å². The summed E-state index contributed by atoms with van der Waals surface area (Å²) in [6, 6.07) is 5.63. The van der Waals surface area contributed by atoms with Crippen LogP contribution in [0.4, 0.5) is 5.69 Å². The fourth-order valence-corrected chi connectivity index (χ4v) is 3.45. The van der Waals surface area contributed by atoms with Gasteiger partial charge in [0.2, 0.25) is 0 Å². The van der Waals surface area contributed by atoms with Gasteiger partial charge in [0.1, 0.15) is 6.04 Å². The van der Waals surface area contributed by atoms with Crippen molar-refractivity contribution in [1.82, 2.24) is 0 Å². The van der Waals surface area contributed by atoms with Gasteiger partial charge < -0.3 is 10.0 Å². The Morgan fingerprint density at radius 1 is 1.24 bits per heavy atom. The summed E-state index contributed by atoms with van der Waals surface area (Å²) in [5.41, 5.74) is 4.21. The molecule has 0 spiro atoms. The van der Waals surface area contributed by atoms with Gasteiger partial charge in [-0.15, -0.1) is 0 Å². The van der Waals surface area contributed by atoms with Crippen LogP contribution in [0.5, 0.6) is 0 Å². The topological polar surface area (TPSA) is 40.5 Å². The average molecular weight is 287 g/mol. The molecule has 1 N–H and O–H groups in total. The second-order valence-electron chi connectivity index (χ2n) is 6.85. The Labute approximate surface area is 127 Å². The minimum atomic E-state index is -0.764. The molecule has 1 aromatic carbocycles. The quantitative estimate of drug-likeness (QED) is 0.909. The van der Waals surface area contributed by atoms with Crippen molar-refractivity contribution < 1.29 is 9.90 Å². The van der Waals surface area contributed by atoms with Crippen LogP contribution in [-0.2, 0) is 4.79 Å². The molecule has 1 aliphatic rings. The molecule has 0 fully saturated rings. The number of carboxylic acid groups (broad SMARTS) is 1. The maximum Gasteiger partial charge on any atom is 0.326 e. The summed E-state index contributed by atoms with van der Waals surface area (Å²) in [6.07, 6.45) is 2.17. The Morgan fingerprint density at radius 3 is 2.38 bits per heavy atom. The summed E-state index contributed by atoms with van der Waals surface area (Å²) in [6.45, 7) is 12.3. The van der Waals surface area contributed by atoms with Gasteiger partial charge in [-0.25, -0.2) is 4.79 Å². The van der Waals surface area contributed by atoms with Crippen molar-refractivity contribution in [2.75, 3.05) is 4.90 Å². The van der Waals surface area contributed by atoms with Gasteiger partial charge in [0.25, 0.3) is 0 Å². The smallest absolute Gasteiger partial charge is 0.326 e. The molecule has 0 saturated heterocycles. The predicted octanol–water partition coefficient (Wildman–Crippen LogP) is 4.11. The highest BCUT2D eigenvalue weighted by molar-refractivity contribution is 5.88. The molecule has 21 heavy (non-hydrogen) atoms. The van der Waals surface area contributed by atoms with E-state index in [1.165, 1.54) is 5.57 Å². The van der Waals surface area contributed by atoms with Gasteiger partial charge in [0.05, 0.1) is 5.54 Å². The van der Waals surface area contributed by atoms with E-state index in [1.807, 2.05) is 19.9 Å². The number of benzene rings is 1. The number of hydrogen-bond acceptors (Lipinski definition) is 2. The number of hydrogen-bond donors (Lipinski definition) is 1. The Bertz CT molecular complexity index is 599. The van der Waals surface area contributed by atoms with Gasteiger partial charge in [-0.2, -0.15) is 0 Å². The van der Waals surface area contributed by atoms with E-state index in [4.69, 9.17) is 0 Å². The molecule has 0 radical (unpaired) electrons. The summed E-state index contributed by atoms with van der Waals surface area (Å²) in [5, 5.41) is 9.75. The lowest BCUT2D eigenvalue weighted by Crippen LogP contribution is -2.56. The summed E-state index contributed by atoms with van der Waals surface area (Å²) < 4.78 is 0. The molecule has 0 unspecified atom stereocenters. The number of carbonyl (C=O) groups is 1. The van der Waals surface area contributed by atoms with Crippen LogP contribution in [0.3, 0.4) is 0 Å². The fraction of sp³-hybridized carbons (Fsp3) is 0.500. The third kappa shape index (κ3) is 2.57. The fourth-order valence-electron chi connectivity index (χ4n) is 3.45. The maximum atomic E-state index is 11.9. The number of anilines is 1. The van der Waals surface area contributed by atoms with Crippen LogP contribution in [0.15, 0.2) is 24.3 Å². The highest BCUT2D eigenvalue weighted by atomic mass is 16.4. The van der Waals surface area contributed by atoms with E-state index in [9.17, 15) is 9.90 Å². The molecule has 0 amide bonds. The van der Waals surface area contributed by atoms with E-state index in [1.54, 1.807) is 0 Å². The van der Waals surface area contributed by atoms with Crippen molar-refractivity contribution >= 4 is 17.2 Å².